The van der Waals surface area contributed by atoms with Gasteiger partial charge in [-0.1, -0.05) is 47.7 Å². The van der Waals surface area contributed by atoms with Gasteiger partial charge in [-0.25, -0.2) is 4.98 Å². The zero-order valence-electron chi connectivity index (χ0n) is 16.9. The fraction of sp³-hybridized carbons (Fsp3) is 0.182. The molecule has 6 nitrogen and oxygen atoms in total. The number of amides is 1. The number of hydrogen-bond acceptors (Lipinski definition) is 6. The first-order valence-corrected chi connectivity index (χ1v) is 11.3. The van der Waals surface area contributed by atoms with Crippen LogP contribution in [0.1, 0.15) is 23.7 Å². The lowest BCUT2D eigenvalue weighted by molar-refractivity contribution is -0.115. The van der Waals surface area contributed by atoms with Crippen molar-refractivity contribution in [2.24, 2.45) is 0 Å². The Morgan fingerprint density at radius 3 is 2.70 bits per heavy atom. The van der Waals surface area contributed by atoms with E-state index in [-0.39, 0.29) is 5.91 Å². The van der Waals surface area contributed by atoms with E-state index in [1.807, 2.05) is 66.3 Å². The molecule has 2 aromatic heterocycles. The molecule has 0 bridgehead atoms. The first-order chi connectivity index (χ1) is 14.5. The van der Waals surface area contributed by atoms with Gasteiger partial charge in [0.25, 0.3) is 0 Å². The highest BCUT2D eigenvalue weighted by atomic mass is 32.2. The van der Waals surface area contributed by atoms with Gasteiger partial charge in [-0.05, 0) is 37.6 Å². The normalized spacial score (nSPS) is 10.9. The number of aromatic nitrogens is 4. The Bertz CT molecular complexity index is 1170. The highest BCUT2D eigenvalue weighted by Gasteiger charge is 2.20. The van der Waals surface area contributed by atoms with Gasteiger partial charge < -0.3 is 0 Å². The smallest absolute Gasteiger partial charge is 0.230 e. The van der Waals surface area contributed by atoms with Gasteiger partial charge in [0.2, 0.25) is 5.91 Å². The minimum Gasteiger partial charge on any atom is -0.277 e. The lowest BCUT2D eigenvalue weighted by Gasteiger charge is -2.20. The molecule has 0 spiro atoms. The molecule has 2 heterocycles. The van der Waals surface area contributed by atoms with Crippen LogP contribution in [0.4, 0.5) is 10.8 Å². The van der Waals surface area contributed by atoms with Gasteiger partial charge in [-0.15, -0.1) is 21.5 Å². The zero-order valence-corrected chi connectivity index (χ0v) is 18.6. The van der Waals surface area contributed by atoms with Crippen molar-refractivity contribution in [1.82, 2.24) is 19.7 Å². The largest absolute Gasteiger partial charge is 0.277 e. The number of rotatable bonds is 6. The molecular weight excluding hydrogens is 414 g/mol. The summed E-state index contributed by atoms with van der Waals surface area (Å²) in [6.07, 6.45) is 1.71. The molecule has 0 N–H and O–H groups in total. The number of hydrogen-bond donors (Lipinski definition) is 0. The quantitative estimate of drug-likeness (QED) is 0.384. The summed E-state index contributed by atoms with van der Waals surface area (Å²) < 4.78 is 1.95. The van der Waals surface area contributed by atoms with E-state index in [0.717, 1.165) is 27.8 Å². The molecule has 0 atom stereocenters. The SMILES string of the molecule is CC(=O)N(c1nc(CSc2nncn2-c2ccccc2)cs1)c1ccc(C)cc1C. The van der Waals surface area contributed by atoms with Crippen molar-refractivity contribution < 1.29 is 4.79 Å². The highest BCUT2D eigenvalue weighted by molar-refractivity contribution is 7.98. The molecule has 0 fully saturated rings. The van der Waals surface area contributed by atoms with Gasteiger partial charge >= 0.3 is 0 Å². The van der Waals surface area contributed by atoms with Crippen molar-refractivity contribution in [1.29, 1.82) is 0 Å². The monoisotopic (exact) mass is 435 g/mol. The Morgan fingerprint density at radius 1 is 1.17 bits per heavy atom. The lowest BCUT2D eigenvalue weighted by atomic mass is 10.1. The van der Waals surface area contributed by atoms with Gasteiger partial charge in [-0.3, -0.25) is 14.3 Å². The minimum atomic E-state index is -0.0562. The average molecular weight is 436 g/mol. The van der Waals surface area contributed by atoms with E-state index in [4.69, 9.17) is 4.98 Å². The number of benzene rings is 2. The highest BCUT2D eigenvalue weighted by Crippen LogP contribution is 2.33. The van der Waals surface area contributed by atoms with Crippen LogP contribution < -0.4 is 4.90 Å². The van der Waals surface area contributed by atoms with Crippen LogP contribution in [0.5, 0.6) is 0 Å². The van der Waals surface area contributed by atoms with Crippen molar-refractivity contribution in [2.75, 3.05) is 4.90 Å². The predicted molar refractivity (Wildman–Crippen MR) is 122 cm³/mol. The molecule has 30 heavy (non-hydrogen) atoms. The first-order valence-electron chi connectivity index (χ1n) is 9.43. The van der Waals surface area contributed by atoms with Crippen LogP contribution in [0.15, 0.2) is 65.4 Å². The van der Waals surface area contributed by atoms with Gasteiger partial charge in [0, 0.05) is 23.7 Å². The Hall–Kier alpha value is -2.97. The third kappa shape index (κ3) is 4.29. The van der Waals surface area contributed by atoms with Crippen molar-refractivity contribution in [3.63, 3.8) is 0 Å². The van der Waals surface area contributed by atoms with E-state index in [1.54, 1.807) is 29.9 Å². The van der Waals surface area contributed by atoms with E-state index in [0.29, 0.717) is 10.9 Å². The molecule has 0 aliphatic heterocycles. The second-order valence-corrected chi connectivity index (χ2v) is 8.65. The number of carbonyl (C=O) groups is 1. The number of thiazole rings is 1. The summed E-state index contributed by atoms with van der Waals surface area (Å²) in [6.45, 7) is 5.62. The van der Waals surface area contributed by atoms with Crippen LogP contribution in [0.2, 0.25) is 0 Å². The Morgan fingerprint density at radius 2 is 1.97 bits per heavy atom. The zero-order chi connectivity index (χ0) is 21.1. The van der Waals surface area contributed by atoms with Gasteiger partial charge in [0.05, 0.1) is 11.4 Å². The molecule has 1 amide bonds. The summed E-state index contributed by atoms with van der Waals surface area (Å²) in [7, 11) is 0. The van der Waals surface area contributed by atoms with E-state index in [9.17, 15) is 4.79 Å². The Kier molecular flexibility index (Phi) is 5.96. The molecule has 8 heteroatoms. The third-order valence-electron chi connectivity index (χ3n) is 4.54. The van der Waals surface area contributed by atoms with E-state index in [1.165, 1.54) is 16.9 Å². The fourth-order valence-corrected chi connectivity index (χ4v) is 4.96. The van der Waals surface area contributed by atoms with Crippen molar-refractivity contribution in [2.45, 2.75) is 31.7 Å². The first kappa shape index (κ1) is 20.3. The third-order valence-corrected chi connectivity index (χ3v) is 6.39. The van der Waals surface area contributed by atoms with E-state index >= 15 is 0 Å². The molecule has 4 aromatic rings. The number of thioether (sulfide) groups is 1. The summed E-state index contributed by atoms with van der Waals surface area (Å²) in [5, 5.41) is 11.7. The number of aryl methyl sites for hydroxylation is 2. The maximum atomic E-state index is 12.4. The molecule has 2 aromatic carbocycles. The standard InChI is InChI=1S/C22H21N5OS2/c1-15-9-10-20(16(2)11-15)27(17(3)28)21-24-18(12-29-21)13-30-22-25-23-14-26(22)19-7-5-4-6-8-19/h4-12,14H,13H2,1-3H3. The van der Waals surface area contributed by atoms with Gasteiger partial charge in [0.1, 0.15) is 6.33 Å². The molecule has 0 aliphatic carbocycles. The second-order valence-electron chi connectivity index (χ2n) is 6.87. The Balaban J connectivity index is 1.53. The van der Waals surface area contributed by atoms with Crippen LogP contribution in [-0.4, -0.2) is 25.7 Å². The lowest BCUT2D eigenvalue weighted by Crippen LogP contribution is -2.23. The molecule has 0 radical (unpaired) electrons. The van der Waals surface area contributed by atoms with Crippen LogP contribution in [-0.2, 0) is 10.5 Å². The van der Waals surface area contributed by atoms with Gasteiger partial charge in [-0.2, -0.15) is 0 Å². The van der Waals surface area contributed by atoms with Crippen LogP contribution in [0.25, 0.3) is 5.69 Å². The number of anilines is 2. The number of carbonyl (C=O) groups excluding carboxylic acids is 1. The van der Waals surface area contributed by atoms with E-state index < -0.39 is 0 Å². The minimum absolute atomic E-state index is 0.0562. The van der Waals surface area contributed by atoms with Crippen molar-refractivity contribution >= 4 is 39.8 Å². The summed E-state index contributed by atoms with van der Waals surface area (Å²) in [5.74, 6) is 0.583. The summed E-state index contributed by atoms with van der Waals surface area (Å²) in [4.78, 5) is 18.8. The van der Waals surface area contributed by atoms with Crippen molar-refractivity contribution in [3.8, 4) is 5.69 Å². The Labute approximate surface area is 183 Å². The summed E-state index contributed by atoms with van der Waals surface area (Å²) in [6, 6.07) is 16.1. The van der Waals surface area contributed by atoms with Gasteiger partial charge in [0.15, 0.2) is 10.3 Å². The predicted octanol–water partition coefficient (Wildman–Crippen LogP) is 5.32. The van der Waals surface area contributed by atoms with Crippen LogP contribution in [0.3, 0.4) is 0 Å². The van der Waals surface area contributed by atoms with Crippen molar-refractivity contribution in [3.05, 3.63) is 77.1 Å². The molecule has 152 valence electrons. The van der Waals surface area contributed by atoms with E-state index in [2.05, 4.69) is 16.3 Å². The topological polar surface area (TPSA) is 63.9 Å². The molecule has 4 rings (SSSR count). The maximum absolute atomic E-state index is 12.4. The number of para-hydroxylation sites is 1. The van der Waals surface area contributed by atoms with Crippen LogP contribution >= 0.6 is 23.1 Å². The average Bonchev–Trinajstić information content (AvgIpc) is 3.38. The summed E-state index contributed by atoms with van der Waals surface area (Å²) in [5.41, 5.74) is 5.00. The molecule has 0 unspecified atom stereocenters. The summed E-state index contributed by atoms with van der Waals surface area (Å²) >= 11 is 3.04. The second kappa shape index (κ2) is 8.81. The maximum Gasteiger partial charge on any atom is 0.230 e. The molecular formula is C22H21N5OS2. The molecule has 0 saturated carbocycles. The van der Waals surface area contributed by atoms with Crippen LogP contribution in [0, 0.1) is 13.8 Å². The number of nitrogens with zero attached hydrogens (tertiary/aromatic N) is 5. The fourth-order valence-electron chi connectivity index (χ4n) is 3.16. The molecule has 0 aliphatic rings. The molecule has 0 saturated heterocycles.